The van der Waals surface area contributed by atoms with Crippen molar-refractivity contribution < 1.29 is 19.5 Å². The molecule has 34 heavy (non-hydrogen) atoms. The molecule has 1 aromatic carbocycles. The Balaban J connectivity index is 0.000000384. The number of aromatic amines is 1. The van der Waals surface area contributed by atoms with E-state index < -0.39 is 12.0 Å². The van der Waals surface area contributed by atoms with Gasteiger partial charge >= 0.3 is 12.0 Å². The molecule has 1 fully saturated rings. The summed E-state index contributed by atoms with van der Waals surface area (Å²) in [6.45, 7) is 5.95. The number of nitrogens with zero attached hydrogens (tertiary/aromatic N) is 4. The smallest absolute Gasteiger partial charge is 0.332 e. The summed E-state index contributed by atoms with van der Waals surface area (Å²) in [6, 6.07) is 9.21. The zero-order chi connectivity index (χ0) is 25.4. The lowest BCUT2D eigenvalue weighted by atomic mass is 9.86. The maximum absolute atomic E-state index is 12.7. The van der Waals surface area contributed by atoms with Gasteiger partial charge in [0.05, 0.1) is 18.2 Å². The number of anilines is 2. The number of benzene rings is 1. The lowest BCUT2D eigenvalue weighted by molar-refractivity contribution is -0.144. The van der Waals surface area contributed by atoms with Gasteiger partial charge in [-0.05, 0) is 37.3 Å². The fourth-order valence-corrected chi connectivity index (χ4v) is 3.39. The molecule has 0 aliphatic heterocycles. The van der Waals surface area contributed by atoms with Gasteiger partial charge in [0, 0.05) is 25.3 Å². The number of hydrogen-bond acceptors (Lipinski definition) is 5. The van der Waals surface area contributed by atoms with Gasteiger partial charge in [-0.1, -0.05) is 38.5 Å². The van der Waals surface area contributed by atoms with E-state index in [1.807, 2.05) is 51.1 Å². The number of rotatable bonds is 5. The summed E-state index contributed by atoms with van der Waals surface area (Å²) in [4.78, 5) is 43.9. The van der Waals surface area contributed by atoms with Gasteiger partial charge in [-0.3, -0.25) is 19.4 Å². The average molecular weight is 471 g/mol. The molecule has 4 rings (SSSR count). The Hall–Kier alpha value is -3.82. The van der Waals surface area contributed by atoms with Gasteiger partial charge in [-0.15, -0.1) is 0 Å². The third kappa shape index (κ3) is 5.94. The van der Waals surface area contributed by atoms with Gasteiger partial charge < -0.3 is 20.4 Å². The van der Waals surface area contributed by atoms with Crippen LogP contribution in [0.4, 0.5) is 16.6 Å². The summed E-state index contributed by atoms with van der Waals surface area (Å²) in [5.74, 6) is 0.111. The highest BCUT2D eigenvalue weighted by atomic mass is 16.4. The van der Waals surface area contributed by atoms with E-state index in [4.69, 9.17) is 10.8 Å². The number of urea groups is 1. The first kappa shape index (κ1) is 26.4. The van der Waals surface area contributed by atoms with Crippen molar-refractivity contribution in [1.82, 2.24) is 19.4 Å². The average Bonchev–Trinajstić information content (AvgIpc) is 3.32. The van der Waals surface area contributed by atoms with Crippen molar-refractivity contribution in [2.75, 3.05) is 17.7 Å². The number of carboxylic acids is 1. The SMILES string of the molecule is CC.Cc1c(N(C)C(=O)N(C=O)Cc2cc3ccccc3[nH]2)nc(N)n1C.O=C(O)C1CCC1. The molecular formula is C24H34N6O4. The molecule has 0 unspecified atom stereocenters. The van der Waals surface area contributed by atoms with Crippen LogP contribution in [0.15, 0.2) is 30.3 Å². The molecule has 4 N–H and O–H groups in total. The van der Waals surface area contributed by atoms with E-state index >= 15 is 0 Å². The van der Waals surface area contributed by atoms with E-state index in [0.29, 0.717) is 18.2 Å². The molecular weight excluding hydrogens is 436 g/mol. The lowest BCUT2D eigenvalue weighted by Gasteiger charge is -2.22. The first-order chi connectivity index (χ1) is 16.2. The second-order valence-corrected chi connectivity index (χ2v) is 7.86. The van der Waals surface area contributed by atoms with Gasteiger partial charge in [0.2, 0.25) is 12.4 Å². The summed E-state index contributed by atoms with van der Waals surface area (Å²) in [6.07, 6.45) is 3.42. The number of carbonyl (C=O) groups is 3. The van der Waals surface area contributed by atoms with Crippen LogP contribution in [-0.4, -0.2) is 50.0 Å². The highest BCUT2D eigenvalue weighted by Gasteiger charge is 2.24. The molecule has 1 aliphatic rings. The number of amides is 3. The van der Waals surface area contributed by atoms with Crippen molar-refractivity contribution in [2.45, 2.75) is 46.6 Å². The van der Waals surface area contributed by atoms with Crippen molar-refractivity contribution in [3.63, 3.8) is 0 Å². The zero-order valence-electron chi connectivity index (χ0n) is 20.4. The van der Waals surface area contributed by atoms with E-state index in [-0.39, 0.29) is 12.5 Å². The molecule has 10 nitrogen and oxygen atoms in total. The Morgan fingerprint density at radius 3 is 2.38 bits per heavy atom. The number of H-pyrrole nitrogens is 1. The highest BCUT2D eigenvalue weighted by Crippen LogP contribution is 2.25. The number of nitrogens with one attached hydrogen (secondary N) is 1. The van der Waals surface area contributed by atoms with Crippen LogP contribution in [0.1, 0.15) is 44.5 Å². The predicted molar refractivity (Wildman–Crippen MR) is 132 cm³/mol. The van der Waals surface area contributed by atoms with Crippen molar-refractivity contribution in [1.29, 1.82) is 0 Å². The van der Waals surface area contributed by atoms with Crippen LogP contribution >= 0.6 is 0 Å². The number of carboxylic acid groups (broad SMARTS) is 1. The molecule has 2 heterocycles. The van der Waals surface area contributed by atoms with Crippen LogP contribution in [-0.2, 0) is 23.2 Å². The van der Waals surface area contributed by atoms with Crippen molar-refractivity contribution in [2.24, 2.45) is 13.0 Å². The Bertz CT molecular complexity index is 1100. The molecule has 0 radical (unpaired) electrons. The summed E-state index contributed by atoms with van der Waals surface area (Å²) >= 11 is 0. The van der Waals surface area contributed by atoms with E-state index in [9.17, 15) is 14.4 Å². The predicted octanol–water partition coefficient (Wildman–Crippen LogP) is 3.90. The zero-order valence-corrected chi connectivity index (χ0v) is 20.4. The van der Waals surface area contributed by atoms with Crippen LogP contribution in [0.25, 0.3) is 10.9 Å². The summed E-state index contributed by atoms with van der Waals surface area (Å²) in [5, 5.41) is 9.26. The highest BCUT2D eigenvalue weighted by molar-refractivity contribution is 5.97. The number of imide groups is 1. The molecule has 10 heteroatoms. The van der Waals surface area contributed by atoms with E-state index in [1.54, 1.807) is 18.7 Å². The fourth-order valence-electron chi connectivity index (χ4n) is 3.39. The monoisotopic (exact) mass is 470 g/mol. The van der Waals surface area contributed by atoms with Crippen molar-refractivity contribution >= 4 is 41.1 Å². The van der Waals surface area contributed by atoms with Gasteiger partial charge in [0.25, 0.3) is 0 Å². The lowest BCUT2D eigenvalue weighted by Crippen LogP contribution is -2.40. The minimum absolute atomic E-state index is 0.000000000000000444. The molecule has 0 saturated heterocycles. The number of aromatic nitrogens is 3. The second-order valence-electron chi connectivity index (χ2n) is 7.86. The van der Waals surface area contributed by atoms with Crippen LogP contribution in [0.3, 0.4) is 0 Å². The first-order valence-corrected chi connectivity index (χ1v) is 11.3. The van der Waals surface area contributed by atoms with Gasteiger partial charge in [0.1, 0.15) is 0 Å². The molecule has 0 atom stereocenters. The van der Waals surface area contributed by atoms with Gasteiger partial charge in [-0.2, -0.15) is 4.98 Å². The van der Waals surface area contributed by atoms with Crippen LogP contribution < -0.4 is 10.6 Å². The molecule has 1 aliphatic carbocycles. The summed E-state index contributed by atoms with van der Waals surface area (Å²) in [5.41, 5.74) is 8.25. The Labute approximate surface area is 199 Å². The normalized spacial score (nSPS) is 12.5. The standard InChI is InChI=1S/C17H20N6O2.C5H8O2.C2H6/c1-11-15(20-16(18)21(11)2)22(3)17(25)23(10-24)9-13-8-12-6-4-5-7-14(12)19-13;6-5(7)4-2-1-3-4;1-2/h4-8,10,19H,9H2,1-3H3,(H2,18,20);4H,1-3H2,(H,6,7);1-2H3. The third-order valence-corrected chi connectivity index (χ3v) is 5.75. The fraction of sp³-hybridized carbons (Fsp3) is 0.417. The van der Waals surface area contributed by atoms with Crippen LogP contribution in [0.2, 0.25) is 0 Å². The van der Waals surface area contributed by atoms with E-state index in [1.165, 1.54) is 4.90 Å². The maximum Gasteiger partial charge on any atom is 0.332 e. The number of fused-ring (bicyclic) bond motifs is 1. The van der Waals surface area contributed by atoms with Crippen LogP contribution in [0, 0.1) is 12.8 Å². The molecule has 3 amide bonds. The Kier molecular flexibility index (Phi) is 9.23. The molecule has 1 saturated carbocycles. The second kappa shape index (κ2) is 11.9. The van der Waals surface area contributed by atoms with E-state index in [2.05, 4.69) is 9.97 Å². The number of aliphatic carboxylic acids is 1. The summed E-state index contributed by atoms with van der Waals surface area (Å²) < 4.78 is 1.68. The topological polar surface area (TPSA) is 138 Å². The quantitative estimate of drug-likeness (QED) is 0.484. The third-order valence-electron chi connectivity index (χ3n) is 5.75. The van der Waals surface area contributed by atoms with Crippen molar-refractivity contribution in [3.8, 4) is 0 Å². The Morgan fingerprint density at radius 1 is 1.29 bits per heavy atom. The molecule has 184 valence electrons. The van der Waals surface area contributed by atoms with Gasteiger partial charge in [0.15, 0.2) is 5.82 Å². The van der Waals surface area contributed by atoms with Gasteiger partial charge in [-0.25, -0.2) is 4.79 Å². The molecule has 2 aromatic heterocycles. The number of imidazole rings is 1. The minimum Gasteiger partial charge on any atom is -0.481 e. The number of para-hydroxylation sites is 1. The summed E-state index contributed by atoms with van der Waals surface area (Å²) in [7, 11) is 3.33. The van der Waals surface area contributed by atoms with Crippen LogP contribution in [0.5, 0.6) is 0 Å². The molecule has 0 spiro atoms. The largest absolute Gasteiger partial charge is 0.481 e. The minimum atomic E-state index is -0.619. The maximum atomic E-state index is 12.7. The number of nitrogens with two attached hydrogens (primary N) is 1. The first-order valence-electron chi connectivity index (χ1n) is 11.3. The number of carbonyl (C=O) groups excluding carboxylic acids is 2. The number of hydrogen-bond donors (Lipinski definition) is 3. The Morgan fingerprint density at radius 2 is 1.94 bits per heavy atom. The number of nitrogen functional groups attached to an aromatic ring is 1. The molecule has 0 bridgehead atoms. The molecule has 3 aromatic rings. The van der Waals surface area contributed by atoms with Crippen molar-refractivity contribution in [3.05, 3.63) is 41.7 Å². The van der Waals surface area contributed by atoms with E-state index in [0.717, 1.165) is 46.5 Å².